The number of hydrogen-bond donors (Lipinski definition) is 1. The number of thioether (sulfide) groups is 1. The lowest BCUT2D eigenvalue weighted by molar-refractivity contribution is -0.118. The normalized spacial score (nSPS) is 10.5. The summed E-state index contributed by atoms with van der Waals surface area (Å²) in [7, 11) is 0. The molecule has 0 saturated carbocycles. The van der Waals surface area contributed by atoms with E-state index in [4.69, 9.17) is 23.2 Å². The Kier molecular flexibility index (Phi) is 6.23. The number of rotatable bonds is 6. The van der Waals surface area contributed by atoms with E-state index in [0.717, 1.165) is 9.77 Å². The molecule has 106 valence electrons. The lowest BCUT2D eigenvalue weighted by atomic mass is 10.1. The number of hydrogen-bond acceptors (Lipinski definition) is 3. The molecule has 6 heteroatoms. The molecule has 1 N–H and O–H groups in total. The zero-order valence-corrected chi connectivity index (χ0v) is 13.7. The lowest BCUT2D eigenvalue weighted by Gasteiger charge is -2.07. The van der Waals surface area contributed by atoms with Crippen LogP contribution in [0.2, 0.25) is 10.0 Å². The maximum Gasteiger partial charge on any atom is 0.230 e. The van der Waals surface area contributed by atoms with Crippen LogP contribution < -0.4 is 5.32 Å². The van der Waals surface area contributed by atoms with Crippen LogP contribution in [0.1, 0.15) is 5.56 Å². The summed E-state index contributed by atoms with van der Waals surface area (Å²) in [6.45, 7) is 0.559. The molecular formula is C14H13Cl2NOS2. The summed E-state index contributed by atoms with van der Waals surface area (Å²) in [6, 6.07) is 9.52. The van der Waals surface area contributed by atoms with Crippen molar-refractivity contribution in [3.05, 3.63) is 51.3 Å². The second-order valence-corrected chi connectivity index (χ2v) is 7.04. The van der Waals surface area contributed by atoms with Crippen molar-refractivity contribution in [1.29, 1.82) is 0 Å². The van der Waals surface area contributed by atoms with E-state index in [1.165, 1.54) is 0 Å². The summed E-state index contributed by atoms with van der Waals surface area (Å²) in [5.74, 6) is 0.464. The minimum absolute atomic E-state index is 0.0292. The molecule has 20 heavy (non-hydrogen) atoms. The van der Waals surface area contributed by atoms with E-state index < -0.39 is 0 Å². The molecule has 0 atom stereocenters. The Balaban J connectivity index is 1.72. The number of halogens is 2. The van der Waals surface area contributed by atoms with Gasteiger partial charge in [0.15, 0.2) is 0 Å². The quantitative estimate of drug-likeness (QED) is 0.780. The molecule has 2 rings (SSSR count). The molecule has 0 fully saturated rings. The van der Waals surface area contributed by atoms with Crippen LogP contribution in [0.25, 0.3) is 0 Å². The van der Waals surface area contributed by atoms with Gasteiger partial charge in [-0.15, -0.1) is 23.1 Å². The highest BCUT2D eigenvalue weighted by molar-refractivity contribution is 8.01. The summed E-state index contributed by atoms with van der Waals surface area (Å²) in [5, 5.41) is 6.00. The molecule has 1 aromatic heterocycles. The third-order valence-corrected chi connectivity index (χ3v) is 5.58. The summed E-state index contributed by atoms with van der Waals surface area (Å²) in [5.41, 5.74) is 0.949. The molecule has 0 aliphatic carbocycles. The van der Waals surface area contributed by atoms with Crippen LogP contribution in [0.3, 0.4) is 0 Å². The Bertz CT molecular complexity index is 573. The highest BCUT2D eigenvalue weighted by Crippen LogP contribution is 2.25. The molecule has 2 nitrogen and oxygen atoms in total. The van der Waals surface area contributed by atoms with E-state index in [-0.39, 0.29) is 5.91 Å². The average molecular weight is 346 g/mol. The first-order chi connectivity index (χ1) is 9.66. The number of benzene rings is 1. The number of nitrogens with one attached hydrogen (secondary N) is 1. The fourth-order valence-electron chi connectivity index (χ4n) is 1.61. The largest absolute Gasteiger partial charge is 0.355 e. The van der Waals surface area contributed by atoms with Gasteiger partial charge in [0.2, 0.25) is 5.91 Å². The topological polar surface area (TPSA) is 29.1 Å². The zero-order valence-electron chi connectivity index (χ0n) is 10.6. The van der Waals surface area contributed by atoms with Gasteiger partial charge in [0.05, 0.1) is 20.0 Å². The Hall–Kier alpha value is -0.680. The summed E-state index contributed by atoms with van der Waals surface area (Å²) in [6.07, 6.45) is 0.675. The van der Waals surface area contributed by atoms with Crippen LogP contribution >= 0.6 is 46.3 Å². The van der Waals surface area contributed by atoms with Crippen LogP contribution in [0.15, 0.2) is 39.9 Å². The minimum atomic E-state index is 0.0292. The standard InChI is InChI=1S/C14H13Cl2NOS2/c15-11-4-1-3-10(14(11)16)6-7-17-12(18)9-20-13-5-2-8-19-13/h1-5,8H,6-7,9H2,(H,17,18). The van der Waals surface area contributed by atoms with Crippen molar-refractivity contribution in [3.8, 4) is 0 Å². The van der Waals surface area contributed by atoms with Crippen LogP contribution in [0.4, 0.5) is 0 Å². The zero-order chi connectivity index (χ0) is 14.4. The molecule has 0 unspecified atom stereocenters. The summed E-state index contributed by atoms with van der Waals surface area (Å²) < 4.78 is 1.15. The maximum absolute atomic E-state index is 11.7. The van der Waals surface area contributed by atoms with E-state index in [1.54, 1.807) is 29.2 Å². The monoisotopic (exact) mass is 345 g/mol. The van der Waals surface area contributed by atoms with E-state index in [9.17, 15) is 4.79 Å². The average Bonchev–Trinajstić information content (AvgIpc) is 2.94. The maximum atomic E-state index is 11.7. The highest BCUT2D eigenvalue weighted by Gasteiger charge is 2.06. The van der Waals surface area contributed by atoms with E-state index in [0.29, 0.717) is 28.8 Å². The van der Waals surface area contributed by atoms with Crippen molar-refractivity contribution in [2.75, 3.05) is 12.3 Å². The van der Waals surface area contributed by atoms with Crippen molar-refractivity contribution in [2.45, 2.75) is 10.6 Å². The molecule has 0 bridgehead atoms. The van der Waals surface area contributed by atoms with Crippen molar-refractivity contribution in [2.24, 2.45) is 0 Å². The van der Waals surface area contributed by atoms with Gasteiger partial charge in [0, 0.05) is 6.54 Å². The van der Waals surface area contributed by atoms with Gasteiger partial charge in [-0.25, -0.2) is 0 Å². The minimum Gasteiger partial charge on any atom is -0.355 e. The van der Waals surface area contributed by atoms with E-state index >= 15 is 0 Å². The molecule has 1 amide bonds. The van der Waals surface area contributed by atoms with Gasteiger partial charge >= 0.3 is 0 Å². The van der Waals surface area contributed by atoms with Gasteiger partial charge < -0.3 is 5.32 Å². The molecule has 0 radical (unpaired) electrons. The third kappa shape index (κ3) is 4.70. The molecule has 0 saturated heterocycles. The number of carbonyl (C=O) groups is 1. The highest BCUT2D eigenvalue weighted by atomic mass is 35.5. The predicted octanol–water partition coefficient (Wildman–Crippen LogP) is 4.51. The lowest BCUT2D eigenvalue weighted by Crippen LogP contribution is -2.27. The van der Waals surface area contributed by atoms with Crippen molar-refractivity contribution >= 4 is 52.2 Å². The van der Waals surface area contributed by atoms with Gasteiger partial charge in [-0.05, 0) is 29.5 Å². The molecule has 0 aliphatic rings. The van der Waals surface area contributed by atoms with Crippen molar-refractivity contribution < 1.29 is 4.79 Å². The Labute approximate surface area is 136 Å². The van der Waals surface area contributed by atoms with Gasteiger partial charge in [-0.2, -0.15) is 0 Å². The summed E-state index contributed by atoms with van der Waals surface area (Å²) in [4.78, 5) is 11.7. The second-order valence-electron chi connectivity index (χ2n) is 4.03. The summed E-state index contributed by atoms with van der Waals surface area (Å²) >= 11 is 15.2. The fraction of sp³-hybridized carbons (Fsp3) is 0.214. The van der Waals surface area contributed by atoms with Crippen LogP contribution in [0.5, 0.6) is 0 Å². The van der Waals surface area contributed by atoms with Gasteiger partial charge in [0.25, 0.3) is 0 Å². The molecule has 1 heterocycles. The number of carbonyl (C=O) groups excluding carboxylic acids is 1. The second kappa shape index (κ2) is 7.93. The van der Waals surface area contributed by atoms with Crippen molar-refractivity contribution in [1.82, 2.24) is 5.32 Å². The van der Waals surface area contributed by atoms with E-state index in [1.807, 2.05) is 29.6 Å². The SMILES string of the molecule is O=C(CSc1cccs1)NCCc1cccc(Cl)c1Cl. The fourth-order valence-corrected chi connectivity index (χ4v) is 3.64. The first-order valence-electron chi connectivity index (χ1n) is 6.02. The third-order valence-electron chi connectivity index (χ3n) is 2.59. The smallest absolute Gasteiger partial charge is 0.230 e. The van der Waals surface area contributed by atoms with Crippen LogP contribution in [-0.2, 0) is 11.2 Å². The van der Waals surface area contributed by atoms with Gasteiger partial charge in [-0.1, -0.05) is 41.4 Å². The van der Waals surface area contributed by atoms with Crippen LogP contribution in [0, 0.1) is 0 Å². The first-order valence-corrected chi connectivity index (χ1v) is 8.65. The Morgan fingerprint density at radius 2 is 2.10 bits per heavy atom. The first kappa shape index (κ1) is 15.7. The molecule has 1 aromatic carbocycles. The van der Waals surface area contributed by atoms with Gasteiger partial charge in [-0.3, -0.25) is 4.79 Å². The molecule has 0 spiro atoms. The van der Waals surface area contributed by atoms with Crippen LogP contribution in [-0.4, -0.2) is 18.2 Å². The number of thiophene rings is 1. The van der Waals surface area contributed by atoms with Gasteiger partial charge in [0.1, 0.15) is 0 Å². The molecular weight excluding hydrogens is 333 g/mol. The van der Waals surface area contributed by atoms with Crippen molar-refractivity contribution in [3.63, 3.8) is 0 Å². The Morgan fingerprint density at radius 3 is 2.85 bits per heavy atom. The molecule has 0 aliphatic heterocycles. The molecule has 2 aromatic rings. The predicted molar refractivity (Wildman–Crippen MR) is 88.2 cm³/mol. The van der Waals surface area contributed by atoms with E-state index in [2.05, 4.69) is 5.32 Å². The number of amides is 1. The Morgan fingerprint density at radius 1 is 1.25 bits per heavy atom.